The lowest BCUT2D eigenvalue weighted by Crippen LogP contribution is -2.44. The van der Waals surface area contributed by atoms with Crippen LogP contribution < -0.4 is 5.32 Å². The summed E-state index contributed by atoms with van der Waals surface area (Å²) in [6.07, 6.45) is 0.876. The van der Waals surface area contributed by atoms with Crippen LogP contribution in [0, 0.1) is 0 Å². The molecule has 0 saturated carbocycles. The van der Waals surface area contributed by atoms with Gasteiger partial charge in [0.05, 0.1) is 13.2 Å². The van der Waals surface area contributed by atoms with Crippen molar-refractivity contribution in [3.8, 4) is 0 Å². The van der Waals surface area contributed by atoms with Crippen LogP contribution >= 0.6 is 12.2 Å². The van der Waals surface area contributed by atoms with Crippen LogP contribution in [0.2, 0.25) is 0 Å². The average molecular weight is 278 g/mol. The van der Waals surface area contributed by atoms with Crippen molar-refractivity contribution in [3.05, 3.63) is 29.8 Å². The Morgan fingerprint density at radius 2 is 2.05 bits per heavy atom. The Morgan fingerprint density at radius 3 is 2.74 bits per heavy atom. The molecule has 1 aromatic carbocycles. The molecule has 0 radical (unpaired) electrons. The number of morpholine rings is 1. The van der Waals surface area contributed by atoms with E-state index in [-0.39, 0.29) is 5.91 Å². The summed E-state index contributed by atoms with van der Waals surface area (Å²) in [7, 11) is 0. The van der Waals surface area contributed by atoms with Crippen molar-refractivity contribution < 1.29 is 9.53 Å². The highest BCUT2D eigenvalue weighted by Crippen LogP contribution is 2.15. The Kier molecular flexibility index (Phi) is 4.87. The molecule has 102 valence electrons. The topological polar surface area (TPSA) is 41.6 Å². The van der Waals surface area contributed by atoms with Crippen LogP contribution in [0.15, 0.2) is 24.3 Å². The average Bonchev–Trinajstić information content (AvgIpc) is 2.48. The SMILES string of the molecule is CCc1ccccc1NC(=O)C(=S)N1CCOCC1. The Labute approximate surface area is 118 Å². The first kappa shape index (κ1) is 14.0. The fourth-order valence-corrected chi connectivity index (χ4v) is 2.27. The number of amides is 1. The Balaban J connectivity index is 2.01. The van der Waals surface area contributed by atoms with E-state index in [0.717, 1.165) is 17.7 Å². The second kappa shape index (κ2) is 6.63. The van der Waals surface area contributed by atoms with E-state index in [1.54, 1.807) is 0 Å². The lowest BCUT2D eigenvalue weighted by Gasteiger charge is -2.28. The molecule has 0 atom stereocenters. The molecule has 4 nitrogen and oxygen atoms in total. The van der Waals surface area contributed by atoms with Crippen molar-refractivity contribution in [1.82, 2.24) is 4.90 Å². The van der Waals surface area contributed by atoms with Gasteiger partial charge in [0.15, 0.2) is 4.99 Å². The lowest BCUT2D eigenvalue weighted by molar-refractivity contribution is -0.111. The number of para-hydroxylation sites is 1. The fraction of sp³-hybridized carbons (Fsp3) is 0.429. The third-order valence-corrected chi connectivity index (χ3v) is 3.58. The van der Waals surface area contributed by atoms with Gasteiger partial charge in [0.2, 0.25) is 0 Å². The summed E-state index contributed by atoms with van der Waals surface area (Å²) >= 11 is 5.23. The van der Waals surface area contributed by atoms with Gasteiger partial charge in [-0.05, 0) is 18.1 Å². The first-order valence-corrected chi connectivity index (χ1v) is 6.89. The molecule has 0 aliphatic carbocycles. The van der Waals surface area contributed by atoms with Crippen molar-refractivity contribution in [2.75, 3.05) is 31.6 Å². The number of thiocarbonyl (C=S) groups is 1. The molecule has 1 fully saturated rings. The summed E-state index contributed by atoms with van der Waals surface area (Å²) in [5, 5.41) is 2.90. The van der Waals surface area contributed by atoms with E-state index >= 15 is 0 Å². The fourth-order valence-electron chi connectivity index (χ4n) is 2.04. The number of nitrogens with one attached hydrogen (secondary N) is 1. The van der Waals surface area contributed by atoms with Crippen molar-refractivity contribution in [2.45, 2.75) is 13.3 Å². The molecule has 1 aliphatic rings. The molecule has 19 heavy (non-hydrogen) atoms. The van der Waals surface area contributed by atoms with Gasteiger partial charge in [0, 0.05) is 18.8 Å². The van der Waals surface area contributed by atoms with Crippen LogP contribution in [0.25, 0.3) is 0 Å². The summed E-state index contributed by atoms with van der Waals surface area (Å²) in [6.45, 7) is 4.67. The number of benzene rings is 1. The normalized spacial score (nSPS) is 15.1. The van der Waals surface area contributed by atoms with Crippen molar-refractivity contribution in [2.24, 2.45) is 0 Å². The minimum absolute atomic E-state index is 0.210. The van der Waals surface area contributed by atoms with Crippen LogP contribution in [-0.2, 0) is 16.0 Å². The molecular weight excluding hydrogens is 260 g/mol. The van der Waals surface area contributed by atoms with Gasteiger partial charge in [0.1, 0.15) is 0 Å². The summed E-state index contributed by atoms with van der Waals surface area (Å²) in [4.78, 5) is 14.4. The summed E-state index contributed by atoms with van der Waals surface area (Å²) < 4.78 is 5.25. The zero-order chi connectivity index (χ0) is 13.7. The van der Waals surface area contributed by atoms with Gasteiger partial charge in [-0.25, -0.2) is 0 Å². The van der Waals surface area contributed by atoms with E-state index in [1.165, 1.54) is 0 Å². The van der Waals surface area contributed by atoms with Crippen molar-refractivity contribution >= 4 is 28.8 Å². The maximum absolute atomic E-state index is 12.1. The third-order valence-electron chi connectivity index (χ3n) is 3.14. The minimum atomic E-state index is -0.210. The predicted molar refractivity (Wildman–Crippen MR) is 79.4 cm³/mol. The summed E-state index contributed by atoms with van der Waals surface area (Å²) in [6, 6.07) is 7.79. The summed E-state index contributed by atoms with van der Waals surface area (Å²) in [5.74, 6) is -0.210. The van der Waals surface area contributed by atoms with Gasteiger partial charge in [-0.15, -0.1) is 0 Å². The molecule has 2 rings (SSSR count). The number of anilines is 1. The molecule has 1 amide bonds. The van der Waals surface area contributed by atoms with Gasteiger partial charge >= 0.3 is 0 Å². The highest BCUT2D eigenvalue weighted by atomic mass is 32.1. The largest absolute Gasteiger partial charge is 0.378 e. The van der Waals surface area contributed by atoms with Crippen molar-refractivity contribution in [1.29, 1.82) is 0 Å². The van der Waals surface area contributed by atoms with E-state index < -0.39 is 0 Å². The maximum Gasteiger partial charge on any atom is 0.283 e. The number of carbonyl (C=O) groups is 1. The molecule has 0 spiro atoms. The first-order valence-electron chi connectivity index (χ1n) is 6.48. The molecule has 1 aromatic rings. The smallest absolute Gasteiger partial charge is 0.283 e. The molecule has 0 aromatic heterocycles. The molecule has 0 unspecified atom stereocenters. The second-order valence-corrected chi connectivity index (χ2v) is 4.76. The zero-order valence-electron chi connectivity index (χ0n) is 11.0. The maximum atomic E-state index is 12.1. The van der Waals surface area contributed by atoms with Crippen molar-refractivity contribution in [3.63, 3.8) is 0 Å². The van der Waals surface area contributed by atoms with Gasteiger partial charge in [-0.3, -0.25) is 4.79 Å². The number of aryl methyl sites for hydroxylation is 1. The number of ether oxygens (including phenoxy) is 1. The Hall–Kier alpha value is -1.46. The van der Waals surface area contributed by atoms with E-state index in [0.29, 0.717) is 31.3 Å². The number of hydrogen-bond acceptors (Lipinski definition) is 3. The monoisotopic (exact) mass is 278 g/mol. The highest BCUT2D eigenvalue weighted by Gasteiger charge is 2.20. The quantitative estimate of drug-likeness (QED) is 0.838. The van der Waals surface area contributed by atoms with Gasteiger partial charge in [-0.2, -0.15) is 0 Å². The minimum Gasteiger partial charge on any atom is -0.378 e. The van der Waals surface area contributed by atoms with Gasteiger partial charge < -0.3 is 15.0 Å². The zero-order valence-corrected chi connectivity index (χ0v) is 11.8. The molecule has 1 heterocycles. The predicted octanol–water partition coefficient (Wildman–Crippen LogP) is 1.85. The number of hydrogen-bond donors (Lipinski definition) is 1. The van der Waals surface area contributed by atoms with Gasteiger partial charge in [0.25, 0.3) is 5.91 Å². The van der Waals surface area contributed by atoms with Gasteiger partial charge in [-0.1, -0.05) is 37.3 Å². The number of nitrogens with zero attached hydrogens (tertiary/aromatic N) is 1. The van der Waals surface area contributed by atoms with Crippen LogP contribution in [0.3, 0.4) is 0 Å². The molecule has 1 saturated heterocycles. The van der Waals surface area contributed by atoms with Crippen LogP contribution in [0.1, 0.15) is 12.5 Å². The lowest BCUT2D eigenvalue weighted by atomic mass is 10.1. The Bertz CT molecular complexity index is 470. The van der Waals surface area contributed by atoms with Crippen LogP contribution in [0.4, 0.5) is 5.69 Å². The Morgan fingerprint density at radius 1 is 1.37 bits per heavy atom. The molecule has 0 bridgehead atoms. The number of carbonyl (C=O) groups excluding carboxylic acids is 1. The third kappa shape index (κ3) is 3.52. The first-order chi connectivity index (χ1) is 9.22. The van der Waals surface area contributed by atoms with Crippen LogP contribution in [-0.4, -0.2) is 42.1 Å². The van der Waals surface area contributed by atoms with E-state index in [2.05, 4.69) is 12.2 Å². The molecule has 1 N–H and O–H groups in total. The highest BCUT2D eigenvalue weighted by molar-refractivity contribution is 7.82. The van der Waals surface area contributed by atoms with Crippen LogP contribution in [0.5, 0.6) is 0 Å². The van der Waals surface area contributed by atoms with E-state index in [9.17, 15) is 4.79 Å². The molecule has 5 heteroatoms. The van der Waals surface area contributed by atoms with E-state index in [4.69, 9.17) is 17.0 Å². The molecule has 1 aliphatic heterocycles. The summed E-state index contributed by atoms with van der Waals surface area (Å²) in [5.41, 5.74) is 1.95. The number of rotatable bonds is 2. The standard InChI is InChI=1S/C14H18N2O2S/c1-2-11-5-3-4-6-12(11)15-13(17)14(19)16-7-9-18-10-8-16/h3-6H,2,7-10H2,1H3,(H,15,17). The molecular formula is C14H18N2O2S. The van der Waals surface area contributed by atoms with E-state index in [1.807, 2.05) is 29.2 Å². The second-order valence-electron chi connectivity index (χ2n) is 4.37.